The number of nitro groups is 1. The smallest absolute Gasteiger partial charge is 0.278 e. The van der Waals surface area contributed by atoms with Crippen LogP contribution < -0.4 is 5.32 Å². The zero-order chi connectivity index (χ0) is 16.9. The Bertz CT molecular complexity index is 864. The van der Waals surface area contributed by atoms with Gasteiger partial charge in [0.25, 0.3) is 5.69 Å². The number of thiophene rings is 1. The fourth-order valence-electron chi connectivity index (χ4n) is 2.36. The summed E-state index contributed by atoms with van der Waals surface area (Å²) >= 11 is 1.50. The van der Waals surface area contributed by atoms with E-state index in [-0.39, 0.29) is 17.2 Å². The van der Waals surface area contributed by atoms with Crippen molar-refractivity contribution >= 4 is 22.7 Å². The van der Waals surface area contributed by atoms with Crippen molar-refractivity contribution in [2.24, 2.45) is 0 Å². The van der Waals surface area contributed by atoms with Crippen molar-refractivity contribution in [1.82, 2.24) is 4.98 Å². The van der Waals surface area contributed by atoms with Crippen LogP contribution in [0.3, 0.4) is 0 Å². The van der Waals surface area contributed by atoms with Crippen LogP contribution in [0.2, 0.25) is 0 Å². The summed E-state index contributed by atoms with van der Waals surface area (Å²) in [5, 5.41) is 23.7. The first kappa shape index (κ1) is 16.1. The molecule has 0 aliphatic rings. The van der Waals surface area contributed by atoms with Crippen molar-refractivity contribution in [3.8, 4) is 10.4 Å². The molecule has 1 aromatic carbocycles. The van der Waals surface area contributed by atoms with E-state index in [0.717, 1.165) is 21.0 Å². The maximum absolute atomic E-state index is 11.2. The summed E-state index contributed by atoms with van der Waals surface area (Å²) in [7, 11) is 0. The first-order valence-electron chi connectivity index (χ1n) is 7.29. The van der Waals surface area contributed by atoms with E-state index in [1.54, 1.807) is 36.7 Å². The van der Waals surface area contributed by atoms with Crippen LogP contribution in [0.4, 0.5) is 11.4 Å². The van der Waals surface area contributed by atoms with E-state index in [0.29, 0.717) is 12.1 Å². The second kappa shape index (κ2) is 7.20. The number of para-hydroxylation sites is 1. The number of anilines is 1. The third-order valence-corrected chi connectivity index (χ3v) is 4.68. The number of aliphatic hydroxyl groups excluding tert-OH is 1. The number of hydrogen-bond acceptors (Lipinski definition) is 6. The Balaban J connectivity index is 1.78. The highest BCUT2D eigenvalue weighted by molar-refractivity contribution is 7.15. The van der Waals surface area contributed by atoms with E-state index in [1.807, 2.05) is 12.1 Å². The van der Waals surface area contributed by atoms with Gasteiger partial charge in [0.05, 0.1) is 29.0 Å². The summed E-state index contributed by atoms with van der Waals surface area (Å²) in [5.41, 5.74) is 2.28. The first-order chi connectivity index (χ1) is 11.7. The largest absolute Gasteiger partial charge is 0.392 e. The zero-order valence-electron chi connectivity index (χ0n) is 12.7. The van der Waals surface area contributed by atoms with E-state index in [9.17, 15) is 15.2 Å². The maximum atomic E-state index is 11.2. The van der Waals surface area contributed by atoms with Gasteiger partial charge in [0.2, 0.25) is 0 Å². The van der Waals surface area contributed by atoms with E-state index in [1.165, 1.54) is 17.4 Å². The Morgan fingerprint density at radius 2 is 2.04 bits per heavy atom. The summed E-state index contributed by atoms with van der Waals surface area (Å²) in [6.45, 7) is 0.501. The van der Waals surface area contributed by atoms with Crippen LogP contribution in [0, 0.1) is 10.1 Å². The second-order valence-corrected chi connectivity index (χ2v) is 6.25. The molecule has 122 valence electrons. The Morgan fingerprint density at radius 1 is 1.21 bits per heavy atom. The van der Waals surface area contributed by atoms with Crippen molar-refractivity contribution in [1.29, 1.82) is 0 Å². The average molecular weight is 341 g/mol. The number of benzene rings is 1. The predicted molar refractivity (Wildman–Crippen MR) is 93.9 cm³/mol. The topological polar surface area (TPSA) is 88.3 Å². The number of hydrogen-bond donors (Lipinski definition) is 2. The molecule has 3 rings (SSSR count). The van der Waals surface area contributed by atoms with Gasteiger partial charge in [-0.1, -0.05) is 12.1 Å². The van der Waals surface area contributed by atoms with Crippen molar-refractivity contribution in [2.75, 3.05) is 5.32 Å². The fourth-order valence-corrected chi connectivity index (χ4v) is 3.34. The number of aliphatic hydroxyl groups is 1. The van der Waals surface area contributed by atoms with Gasteiger partial charge in [-0.2, -0.15) is 0 Å². The lowest BCUT2D eigenvalue weighted by Gasteiger charge is -2.08. The van der Waals surface area contributed by atoms with Crippen LogP contribution in [0.25, 0.3) is 10.4 Å². The van der Waals surface area contributed by atoms with Gasteiger partial charge >= 0.3 is 0 Å². The number of nitrogens with zero attached hydrogens (tertiary/aromatic N) is 2. The molecule has 0 aliphatic carbocycles. The van der Waals surface area contributed by atoms with Crippen LogP contribution in [-0.2, 0) is 13.2 Å². The molecule has 0 amide bonds. The number of rotatable bonds is 6. The average Bonchev–Trinajstić information content (AvgIpc) is 3.09. The standard InChI is InChI=1S/C17H15N3O3S/c21-11-12-7-8-18-10-15(12)19-9-13-5-6-17(24-13)14-3-1-2-4-16(14)20(22)23/h1-8,10,19,21H,9,11H2. The van der Waals surface area contributed by atoms with Crippen molar-refractivity contribution < 1.29 is 10.0 Å². The monoisotopic (exact) mass is 341 g/mol. The molecule has 0 bridgehead atoms. The highest BCUT2D eigenvalue weighted by Gasteiger charge is 2.15. The molecule has 2 heterocycles. The van der Waals surface area contributed by atoms with E-state index >= 15 is 0 Å². The normalized spacial score (nSPS) is 10.5. The molecule has 7 heteroatoms. The molecular weight excluding hydrogens is 326 g/mol. The van der Waals surface area contributed by atoms with Crippen LogP contribution in [0.1, 0.15) is 10.4 Å². The molecule has 0 fully saturated rings. The molecule has 24 heavy (non-hydrogen) atoms. The van der Waals surface area contributed by atoms with Crippen LogP contribution in [0.15, 0.2) is 54.9 Å². The minimum Gasteiger partial charge on any atom is -0.392 e. The summed E-state index contributed by atoms with van der Waals surface area (Å²) in [5.74, 6) is 0. The Labute approximate surface area is 142 Å². The summed E-state index contributed by atoms with van der Waals surface area (Å²) in [6.07, 6.45) is 3.30. The zero-order valence-corrected chi connectivity index (χ0v) is 13.5. The maximum Gasteiger partial charge on any atom is 0.278 e. The Hall–Kier alpha value is -2.77. The Kier molecular flexibility index (Phi) is 4.83. The number of pyridine rings is 1. The third kappa shape index (κ3) is 3.42. The molecule has 0 unspecified atom stereocenters. The third-order valence-electron chi connectivity index (χ3n) is 3.56. The number of nitro benzene ring substituents is 1. The fraction of sp³-hybridized carbons (Fsp3) is 0.118. The van der Waals surface area contributed by atoms with Gasteiger partial charge in [-0.3, -0.25) is 15.1 Å². The molecule has 0 spiro atoms. The number of aromatic nitrogens is 1. The quantitative estimate of drug-likeness (QED) is 0.525. The lowest BCUT2D eigenvalue weighted by molar-refractivity contribution is -0.384. The van der Waals surface area contributed by atoms with Gasteiger partial charge in [0, 0.05) is 34.1 Å². The molecule has 0 radical (unpaired) electrons. The van der Waals surface area contributed by atoms with Gasteiger partial charge in [0.1, 0.15) is 0 Å². The van der Waals surface area contributed by atoms with Gasteiger partial charge in [0.15, 0.2) is 0 Å². The second-order valence-electron chi connectivity index (χ2n) is 5.08. The SMILES string of the molecule is O=[N+]([O-])c1ccccc1-c1ccc(CNc2cnccc2CO)s1. The van der Waals surface area contributed by atoms with Crippen molar-refractivity contribution in [2.45, 2.75) is 13.2 Å². The summed E-state index contributed by atoms with van der Waals surface area (Å²) < 4.78 is 0. The molecule has 6 nitrogen and oxygen atoms in total. The minimum absolute atomic E-state index is 0.0588. The molecule has 3 aromatic rings. The predicted octanol–water partition coefficient (Wildman–Crippen LogP) is 3.82. The lowest BCUT2D eigenvalue weighted by atomic mass is 10.1. The number of nitrogens with one attached hydrogen (secondary N) is 1. The molecule has 0 atom stereocenters. The van der Waals surface area contributed by atoms with Gasteiger partial charge < -0.3 is 10.4 Å². The molecule has 2 N–H and O–H groups in total. The van der Waals surface area contributed by atoms with Crippen molar-refractivity contribution in [3.05, 3.63) is 75.4 Å². The highest BCUT2D eigenvalue weighted by atomic mass is 32.1. The molecule has 0 saturated carbocycles. The lowest BCUT2D eigenvalue weighted by Crippen LogP contribution is -2.01. The van der Waals surface area contributed by atoms with Crippen molar-refractivity contribution in [3.63, 3.8) is 0 Å². The highest BCUT2D eigenvalue weighted by Crippen LogP contribution is 2.34. The van der Waals surface area contributed by atoms with E-state index in [4.69, 9.17) is 0 Å². The van der Waals surface area contributed by atoms with Crippen LogP contribution >= 0.6 is 11.3 Å². The van der Waals surface area contributed by atoms with E-state index < -0.39 is 0 Å². The van der Waals surface area contributed by atoms with Crippen LogP contribution in [0.5, 0.6) is 0 Å². The summed E-state index contributed by atoms with van der Waals surface area (Å²) in [4.78, 5) is 16.7. The molecular formula is C17H15N3O3S. The summed E-state index contributed by atoms with van der Waals surface area (Å²) in [6, 6.07) is 12.3. The minimum atomic E-state index is -0.365. The first-order valence-corrected chi connectivity index (χ1v) is 8.11. The van der Waals surface area contributed by atoms with Gasteiger partial charge in [-0.05, 0) is 24.3 Å². The molecule has 0 saturated heterocycles. The molecule has 2 aromatic heterocycles. The Morgan fingerprint density at radius 3 is 2.83 bits per heavy atom. The molecule has 0 aliphatic heterocycles. The van der Waals surface area contributed by atoms with Gasteiger partial charge in [-0.25, -0.2) is 0 Å². The van der Waals surface area contributed by atoms with Gasteiger partial charge in [-0.15, -0.1) is 11.3 Å². The van der Waals surface area contributed by atoms with E-state index in [2.05, 4.69) is 10.3 Å². The van der Waals surface area contributed by atoms with Crippen LogP contribution in [-0.4, -0.2) is 15.0 Å².